The van der Waals surface area contributed by atoms with Crippen LogP contribution in [0.3, 0.4) is 0 Å². The Bertz CT molecular complexity index is 945. The van der Waals surface area contributed by atoms with Gasteiger partial charge in [-0.05, 0) is 41.1 Å². The fourth-order valence-corrected chi connectivity index (χ4v) is 3.63. The molecule has 0 fully saturated rings. The zero-order valence-corrected chi connectivity index (χ0v) is 15.4. The molecule has 1 aliphatic rings. The summed E-state index contributed by atoms with van der Waals surface area (Å²) in [5.41, 5.74) is 2.97. The van der Waals surface area contributed by atoms with Crippen molar-refractivity contribution in [3.63, 3.8) is 0 Å². The number of carbonyl (C=O) groups is 1. The van der Waals surface area contributed by atoms with Crippen molar-refractivity contribution in [3.8, 4) is 16.5 Å². The number of aromatic nitrogens is 1. The quantitative estimate of drug-likeness (QED) is 0.713. The zero-order chi connectivity index (χ0) is 18.6. The molecule has 2 N–H and O–H groups in total. The van der Waals surface area contributed by atoms with E-state index in [4.69, 9.17) is 4.42 Å². The van der Waals surface area contributed by atoms with Crippen LogP contribution in [0.15, 0.2) is 58.5 Å². The Hall–Kier alpha value is -3.06. The van der Waals surface area contributed by atoms with Gasteiger partial charge in [0, 0.05) is 13.1 Å². The molecule has 1 aliphatic heterocycles. The molecule has 27 heavy (non-hydrogen) atoms. The van der Waals surface area contributed by atoms with Crippen molar-refractivity contribution in [2.24, 2.45) is 0 Å². The summed E-state index contributed by atoms with van der Waals surface area (Å²) in [5.74, 6) is 0.833. The first kappa shape index (κ1) is 17.4. The number of nitrogens with one attached hydrogen (secondary N) is 1. The molecule has 3 aromatic rings. The van der Waals surface area contributed by atoms with Gasteiger partial charge >= 0.3 is 6.03 Å². The standard InChI is InChI=1S/C20H19N3O3S/c24-17-5-3-14(4-6-17)15-7-9-23(10-8-15)20(25)21-12-16-13-26-19(22-16)18-2-1-11-27-18/h1-7,11,13,24H,8-10,12H2,(H,21,25). The van der Waals surface area contributed by atoms with E-state index in [1.165, 1.54) is 5.57 Å². The predicted octanol–water partition coefficient (Wildman–Crippen LogP) is 4.11. The number of hydrogen-bond acceptors (Lipinski definition) is 5. The maximum absolute atomic E-state index is 12.4. The van der Waals surface area contributed by atoms with Crippen molar-refractivity contribution in [3.05, 3.63) is 65.4 Å². The van der Waals surface area contributed by atoms with E-state index < -0.39 is 0 Å². The maximum atomic E-state index is 12.4. The van der Waals surface area contributed by atoms with Gasteiger partial charge in [-0.2, -0.15) is 0 Å². The molecule has 0 unspecified atom stereocenters. The average molecular weight is 381 g/mol. The molecule has 4 rings (SSSR count). The Morgan fingerprint density at radius 3 is 2.85 bits per heavy atom. The average Bonchev–Trinajstić information content (AvgIpc) is 3.38. The number of carbonyl (C=O) groups excluding carboxylic acids is 1. The van der Waals surface area contributed by atoms with E-state index in [-0.39, 0.29) is 11.8 Å². The molecule has 6 nitrogen and oxygen atoms in total. The van der Waals surface area contributed by atoms with Crippen molar-refractivity contribution in [2.75, 3.05) is 13.1 Å². The first-order valence-electron chi connectivity index (χ1n) is 8.68. The predicted molar refractivity (Wildman–Crippen MR) is 104 cm³/mol. The number of rotatable bonds is 4. The van der Waals surface area contributed by atoms with Crippen LogP contribution in [-0.4, -0.2) is 34.1 Å². The van der Waals surface area contributed by atoms with Crippen molar-refractivity contribution >= 4 is 22.9 Å². The SMILES string of the molecule is O=C(NCc1coc(-c2cccs2)n1)N1CC=C(c2ccc(O)cc2)CC1. The smallest absolute Gasteiger partial charge is 0.318 e. The first-order valence-corrected chi connectivity index (χ1v) is 9.56. The third-order valence-corrected chi connectivity index (χ3v) is 5.30. The Labute approximate surface area is 160 Å². The molecule has 2 amide bonds. The van der Waals surface area contributed by atoms with Crippen LogP contribution in [0.4, 0.5) is 4.79 Å². The third kappa shape index (κ3) is 4.03. The van der Waals surface area contributed by atoms with Crippen LogP contribution < -0.4 is 5.32 Å². The molecule has 138 valence electrons. The van der Waals surface area contributed by atoms with E-state index in [1.54, 1.807) is 34.6 Å². The summed E-state index contributed by atoms with van der Waals surface area (Å²) in [5, 5.41) is 14.3. The highest BCUT2D eigenvalue weighted by atomic mass is 32.1. The van der Waals surface area contributed by atoms with E-state index >= 15 is 0 Å². The summed E-state index contributed by atoms with van der Waals surface area (Å²) in [6, 6.07) is 10.9. The minimum absolute atomic E-state index is 0.114. The van der Waals surface area contributed by atoms with Crippen LogP contribution in [0.2, 0.25) is 0 Å². The lowest BCUT2D eigenvalue weighted by Crippen LogP contribution is -2.41. The second-order valence-corrected chi connectivity index (χ2v) is 7.20. The monoisotopic (exact) mass is 381 g/mol. The van der Waals surface area contributed by atoms with Gasteiger partial charge < -0.3 is 19.7 Å². The highest BCUT2D eigenvalue weighted by Gasteiger charge is 2.18. The molecule has 0 atom stereocenters. The van der Waals surface area contributed by atoms with Gasteiger partial charge in [0.1, 0.15) is 12.0 Å². The zero-order valence-electron chi connectivity index (χ0n) is 14.6. The van der Waals surface area contributed by atoms with Gasteiger partial charge in [0.25, 0.3) is 0 Å². The fraction of sp³-hybridized carbons (Fsp3) is 0.200. The summed E-state index contributed by atoms with van der Waals surface area (Å²) in [4.78, 5) is 19.5. The van der Waals surface area contributed by atoms with Crippen molar-refractivity contribution in [1.29, 1.82) is 0 Å². The third-order valence-electron chi connectivity index (χ3n) is 4.44. The minimum atomic E-state index is -0.114. The van der Waals surface area contributed by atoms with E-state index in [9.17, 15) is 9.90 Å². The van der Waals surface area contributed by atoms with Crippen molar-refractivity contribution in [1.82, 2.24) is 15.2 Å². The second kappa shape index (κ2) is 7.67. The number of oxazole rings is 1. The topological polar surface area (TPSA) is 78.6 Å². The number of hydrogen-bond donors (Lipinski definition) is 2. The minimum Gasteiger partial charge on any atom is -0.508 e. The molecule has 0 saturated carbocycles. The number of urea groups is 1. The first-order chi connectivity index (χ1) is 13.2. The Balaban J connectivity index is 1.31. The van der Waals surface area contributed by atoms with E-state index in [0.717, 1.165) is 16.9 Å². The molecular formula is C20H19N3O3S. The number of phenolic OH excluding ortho intramolecular Hbond substituents is 1. The molecule has 0 aliphatic carbocycles. The number of benzene rings is 1. The van der Waals surface area contributed by atoms with Crippen LogP contribution >= 0.6 is 11.3 Å². The molecule has 1 aromatic carbocycles. The van der Waals surface area contributed by atoms with E-state index in [1.807, 2.05) is 29.6 Å². The summed E-state index contributed by atoms with van der Waals surface area (Å²) in [6.07, 6.45) is 4.42. The number of nitrogens with zero attached hydrogens (tertiary/aromatic N) is 2. The fourth-order valence-electron chi connectivity index (χ4n) is 2.97. The van der Waals surface area contributed by atoms with Crippen molar-refractivity contribution in [2.45, 2.75) is 13.0 Å². The largest absolute Gasteiger partial charge is 0.508 e. The van der Waals surface area contributed by atoms with Crippen molar-refractivity contribution < 1.29 is 14.3 Å². The summed E-state index contributed by atoms with van der Waals surface area (Å²) in [6.45, 7) is 1.54. The summed E-state index contributed by atoms with van der Waals surface area (Å²) < 4.78 is 5.47. The number of phenols is 1. The van der Waals surface area contributed by atoms with Gasteiger partial charge in [-0.15, -0.1) is 11.3 Å². The molecule has 0 bridgehead atoms. The molecule has 7 heteroatoms. The molecule has 0 radical (unpaired) electrons. The highest BCUT2D eigenvalue weighted by Crippen LogP contribution is 2.25. The van der Waals surface area contributed by atoms with Crippen LogP contribution in [0.5, 0.6) is 5.75 Å². The lowest BCUT2D eigenvalue weighted by atomic mass is 9.99. The molecular weight excluding hydrogens is 362 g/mol. The highest BCUT2D eigenvalue weighted by molar-refractivity contribution is 7.13. The molecule has 0 saturated heterocycles. The van der Waals surface area contributed by atoms with Gasteiger partial charge in [0.2, 0.25) is 5.89 Å². The molecule has 0 spiro atoms. The second-order valence-electron chi connectivity index (χ2n) is 6.25. The normalized spacial score (nSPS) is 14.1. The van der Waals surface area contributed by atoms with Gasteiger partial charge in [-0.3, -0.25) is 0 Å². The van der Waals surface area contributed by atoms with Crippen LogP contribution in [-0.2, 0) is 6.54 Å². The Kier molecular flexibility index (Phi) is 4.93. The van der Waals surface area contributed by atoms with Gasteiger partial charge in [0.15, 0.2) is 0 Å². The summed E-state index contributed by atoms with van der Waals surface area (Å²) >= 11 is 1.56. The Morgan fingerprint density at radius 2 is 2.15 bits per heavy atom. The van der Waals surface area contributed by atoms with Gasteiger partial charge in [0.05, 0.1) is 17.1 Å². The summed E-state index contributed by atoms with van der Waals surface area (Å²) in [7, 11) is 0. The molecule has 2 aromatic heterocycles. The lowest BCUT2D eigenvalue weighted by Gasteiger charge is -2.26. The van der Waals surface area contributed by atoms with Gasteiger partial charge in [-0.1, -0.05) is 24.3 Å². The van der Waals surface area contributed by atoms with E-state index in [2.05, 4.69) is 16.4 Å². The van der Waals surface area contributed by atoms with Gasteiger partial charge in [-0.25, -0.2) is 9.78 Å². The van der Waals surface area contributed by atoms with Crippen LogP contribution in [0, 0.1) is 0 Å². The molecule has 3 heterocycles. The van der Waals surface area contributed by atoms with E-state index in [0.29, 0.717) is 31.2 Å². The van der Waals surface area contributed by atoms with Crippen LogP contribution in [0.25, 0.3) is 16.3 Å². The maximum Gasteiger partial charge on any atom is 0.318 e. The lowest BCUT2D eigenvalue weighted by molar-refractivity contribution is 0.202. The number of aromatic hydroxyl groups is 1. The number of amides is 2. The van der Waals surface area contributed by atoms with Crippen LogP contribution in [0.1, 0.15) is 17.7 Å². The Morgan fingerprint density at radius 1 is 1.30 bits per heavy atom. The number of thiophene rings is 1.